The minimum Gasteiger partial charge on any atom is -0.395 e. The smallest absolute Gasteiger partial charge is 0.172 e. The summed E-state index contributed by atoms with van der Waals surface area (Å²) in [5, 5.41) is 6.30. The van der Waals surface area contributed by atoms with Gasteiger partial charge in [0.25, 0.3) is 0 Å². The number of nitrogen functional groups attached to an aromatic ring is 1. The number of hydrogen-bond donors (Lipinski definition) is 2. The molecule has 0 aliphatic carbocycles. The third kappa shape index (κ3) is 2.63. The van der Waals surface area contributed by atoms with E-state index in [-0.39, 0.29) is 0 Å². The van der Waals surface area contributed by atoms with Gasteiger partial charge in [-0.15, -0.1) is 0 Å². The first-order chi connectivity index (χ1) is 10.1. The first-order valence-corrected chi connectivity index (χ1v) is 7.87. The van der Waals surface area contributed by atoms with Crippen LogP contribution in [0.5, 0.6) is 0 Å². The normalized spacial score (nSPS) is 11.4. The summed E-state index contributed by atoms with van der Waals surface area (Å²) < 4.78 is 1.97. The average molecular weight is 301 g/mol. The van der Waals surface area contributed by atoms with E-state index in [1.54, 1.807) is 11.8 Å². The van der Waals surface area contributed by atoms with E-state index in [1.807, 2.05) is 17.7 Å². The zero-order chi connectivity index (χ0) is 15.0. The highest BCUT2D eigenvalue weighted by atomic mass is 32.2. The summed E-state index contributed by atoms with van der Waals surface area (Å²) in [5.41, 5.74) is 11.0. The van der Waals surface area contributed by atoms with Gasteiger partial charge in [0.15, 0.2) is 5.16 Å². The zero-order valence-electron chi connectivity index (χ0n) is 12.5. The first-order valence-electron chi connectivity index (χ1n) is 7.05. The lowest BCUT2D eigenvalue weighted by atomic mass is 10.2. The maximum absolute atomic E-state index is 6.15. The maximum atomic E-state index is 6.15. The molecule has 0 bridgehead atoms. The SMILES string of the molecule is CCCn1nc(C)c(N)c1Sc1nc2ccc(C)cc2[nH]1. The van der Waals surface area contributed by atoms with Crippen molar-refractivity contribution < 1.29 is 0 Å². The standard InChI is InChI=1S/C15H19N5S/c1-4-7-20-14(13(16)10(3)19-20)21-15-17-11-6-5-9(2)8-12(11)18-15/h5-6,8H,4,7,16H2,1-3H3,(H,17,18). The molecule has 0 aliphatic rings. The molecule has 0 aliphatic heterocycles. The molecule has 110 valence electrons. The van der Waals surface area contributed by atoms with Crippen LogP contribution in [-0.2, 0) is 6.54 Å². The minimum absolute atomic E-state index is 0.741. The van der Waals surface area contributed by atoms with E-state index in [4.69, 9.17) is 5.73 Å². The van der Waals surface area contributed by atoms with Crippen LogP contribution in [-0.4, -0.2) is 19.7 Å². The number of hydrogen-bond acceptors (Lipinski definition) is 4. The van der Waals surface area contributed by atoms with Crippen molar-refractivity contribution in [3.63, 3.8) is 0 Å². The second-order valence-electron chi connectivity index (χ2n) is 5.19. The molecule has 0 radical (unpaired) electrons. The van der Waals surface area contributed by atoms with Gasteiger partial charge < -0.3 is 10.7 Å². The topological polar surface area (TPSA) is 72.5 Å². The predicted molar refractivity (Wildman–Crippen MR) is 86.6 cm³/mol. The number of nitrogens with two attached hydrogens (primary N) is 1. The highest BCUT2D eigenvalue weighted by Gasteiger charge is 2.15. The van der Waals surface area contributed by atoms with Crippen molar-refractivity contribution >= 4 is 28.5 Å². The summed E-state index contributed by atoms with van der Waals surface area (Å²) in [5.74, 6) is 0. The lowest BCUT2D eigenvalue weighted by molar-refractivity contribution is 0.555. The second kappa shape index (κ2) is 5.44. The number of aromatic nitrogens is 4. The van der Waals surface area contributed by atoms with Gasteiger partial charge >= 0.3 is 0 Å². The highest BCUT2D eigenvalue weighted by Crippen LogP contribution is 2.33. The van der Waals surface area contributed by atoms with Crippen molar-refractivity contribution in [1.29, 1.82) is 0 Å². The predicted octanol–water partition coefficient (Wildman–Crippen LogP) is 3.52. The summed E-state index contributed by atoms with van der Waals surface area (Å²) in [6, 6.07) is 6.20. The molecular formula is C15H19N5S. The summed E-state index contributed by atoms with van der Waals surface area (Å²) >= 11 is 1.54. The lowest BCUT2D eigenvalue weighted by Crippen LogP contribution is -2.01. The van der Waals surface area contributed by atoms with Crippen LogP contribution >= 0.6 is 11.8 Å². The van der Waals surface area contributed by atoms with E-state index in [1.165, 1.54) is 5.56 Å². The molecule has 2 aromatic heterocycles. The van der Waals surface area contributed by atoms with Gasteiger partial charge in [-0.3, -0.25) is 4.68 Å². The first kappa shape index (κ1) is 14.0. The van der Waals surface area contributed by atoms with Crippen LogP contribution in [0.2, 0.25) is 0 Å². The van der Waals surface area contributed by atoms with Crippen LogP contribution in [0.4, 0.5) is 5.69 Å². The molecule has 0 fully saturated rings. The molecule has 2 heterocycles. The molecule has 3 rings (SSSR count). The minimum atomic E-state index is 0.741. The Morgan fingerprint density at radius 3 is 2.90 bits per heavy atom. The molecule has 3 N–H and O–H groups in total. The summed E-state index contributed by atoms with van der Waals surface area (Å²) in [6.45, 7) is 7.00. The third-order valence-electron chi connectivity index (χ3n) is 3.37. The van der Waals surface area contributed by atoms with E-state index in [0.717, 1.165) is 45.6 Å². The molecule has 0 spiro atoms. The lowest BCUT2D eigenvalue weighted by Gasteiger charge is -2.04. The Balaban J connectivity index is 1.98. The van der Waals surface area contributed by atoms with Crippen LogP contribution < -0.4 is 5.73 Å². The summed E-state index contributed by atoms with van der Waals surface area (Å²) in [7, 11) is 0. The third-order valence-corrected chi connectivity index (χ3v) is 4.38. The van der Waals surface area contributed by atoms with Crippen LogP contribution in [0, 0.1) is 13.8 Å². The Bertz CT molecular complexity index is 787. The number of nitrogens with one attached hydrogen (secondary N) is 1. The van der Waals surface area contributed by atoms with Crippen molar-refractivity contribution in [2.45, 2.75) is 43.9 Å². The number of benzene rings is 1. The van der Waals surface area contributed by atoms with Crippen LogP contribution in [0.3, 0.4) is 0 Å². The second-order valence-corrected chi connectivity index (χ2v) is 6.17. The fraction of sp³-hybridized carbons (Fsp3) is 0.333. The zero-order valence-corrected chi connectivity index (χ0v) is 13.3. The fourth-order valence-corrected chi connectivity index (χ4v) is 3.27. The van der Waals surface area contributed by atoms with Crippen LogP contribution in [0.1, 0.15) is 24.6 Å². The van der Waals surface area contributed by atoms with Crippen molar-refractivity contribution in [2.75, 3.05) is 5.73 Å². The summed E-state index contributed by atoms with van der Waals surface area (Å²) in [6.07, 6.45) is 1.02. The Kier molecular flexibility index (Phi) is 3.63. The Hall–Kier alpha value is -1.95. The molecule has 0 atom stereocenters. The summed E-state index contributed by atoms with van der Waals surface area (Å²) in [4.78, 5) is 7.96. The Labute approximate surface area is 127 Å². The Morgan fingerprint density at radius 1 is 1.33 bits per heavy atom. The Morgan fingerprint density at radius 2 is 2.14 bits per heavy atom. The van der Waals surface area contributed by atoms with E-state index in [9.17, 15) is 0 Å². The maximum Gasteiger partial charge on any atom is 0.172 e. The number of rotatable bonds is 4. The van der Waals surface area contributed by atoms with E-state index < -0.39 is 0 Å². The van der Waals surface area contributed by atoms with E-state index >= 15 is 0 Å². The fourth-order valence-electron chi connectivity index (χ4n) is 2.29. The van der Waals surface area contributed by atoms with Crippen LogP contribution in [0.25, 0.3) is 11.0 Å². The van der Waals surface area contributed by atoms with Crippen LogP contribution in [0.15, 0.2) is 28.4 Å². The largest absolute Gasteiger partial charge is 0.395 e. The molecular weight excluding hydrogens is 282 g/mol. The van der Waals surface area contributed by atoms with Gasteiger partial charge in [0.2, 0.25) is 0 Å². The molecule has 0 saturated carbocycles. The number of H-pyrrole nitrogens is 1. The molecule has 5 nitrogen and oxygen atoms in total. The number of fused-ring (bicyclic) bond motifs is 1. The van der Waals surface area contributed by atoms with Gasteiger partial charge in [0.1, 0.15) is 5.03 Å². The molecule has 0 unspecified atom stereocenters. The molecule has 21 heavy (non-hydrogen) atoms. The van der Waals surface area contributed by atoms with Crippen molar-refractivity contribution in [3.8, 4) is 0 Å². The van der Waals surface area contributed by atoms with Gasteiger partial charge in [-0.05, 0) is 49.7 Å². The molecule has 0 saturated heterocycles. The van der Waals surface area contributed by atoms with Gasteiger partial charge in [-0.1, -0.05) is 13.0 Å². The molecule has 0 amide bonds. The van der Waals surface area contributed by atoms with E-state index in [0.29, 0.717) is 0 Å². The van der Waals surface area contributed by atoms with Gasteiger partial charge in [0, 0.05) is 6.54 Å². The molecule has 3 aromatic rings. The van der Waals surface area contributed by atoms with Gasteiger partial charge in [-0.2, -0.15) is 5.10 Å². The molecule has 6 heteroatoms. The van der Waals surface area contributed by atoms with Crippen molar-refractivity contribution in [1.82, 2.24) is 19.7 Å². The van der Waals surface area contributed by atoms with E-state index in [2.05, 4.69) is 41.0 Å². The number of anilines is 1. The monoisotopic (exact) mass is 301 g/mol. The number of imidazole rings is 1. The van der Waals surface area contributed by atoms with Crippen molar-refractivity contribution in [2.24, 2.45) is 0 Å². The number of nitrogens with zero attached hydrogens (tertiary/aromatic N) is 3. The average Bonchev–Trinajstić information content (AvgIpc) is 2.95. The van der Waals surface area contributed by atoms with Crippen molar-refractivity contribution in [3.05, 3.63) is 29.5 Å². The quantitative estimate of drug-likeness (QED) is 0.773. The molecule has 1 aromatic carbocycles. The van der Waals surface area contributed by atoms with Gasteiger partial charge in [0.05, 0.1) is 22.4 Å². The highest BCUT2D eigenvalue weighted by molar-refractivity contribution is 7.99. The number of aryl methyl sites for hydroxylation is 3. The van der Waals surface area contributed by atoms with Gasteiger partial charge in [-0.25, -0.2) is 4.98 Å². The number of aromatic amines is 1.